The molecule has 0 saturated carbocycles. The lowest BCUT2D eigenvalue weighted by Crippen LogP contribution is -2.31. The minimum Gasteiger partial charge on any atom is -0.375 e. The van der Waals surface area contributed by atoms with Crippen LogP contribution in [0, 0.1) is 10.1 Å². The van der Waals surface area contributed by atoms with Crippen LogP contribution in [0.2, 0.25) is 0 Å². The fourth-order valence-electron chi connectivity index (χ4n) is 2.17. The van der Waals surface area contributed by atoms with E-state index in [2.05, 4.69) is 22.4 Å². The van der Waals surface area contributed by atoms with E-state index in [0.717, 1.165) is 12.8 Å². The molecule has 110 valence electrons. The van der Waals surface area contributed by atoms with Gasteiger partial charge in [0.2, 0.25) is 0 Å². The van der Waals surface area contributed by atoms with Crippen LogP contribution in [0.15, 0.2) is 48.8 Å². The third-order valence-electron chi connectivity index (χ3n) is 3.35. The van der Waals surface area contributed by atoms with Crippen molar-refractivity contribution < 1.29 is 4.92 Å². The highest BCUT2D eigenvalue weighted by Gasteiger charge is 2.22. The summed E-state index contributed by atoms with van der Waals surface area (Å²) < 4.78 is 0. The fraction of sp³-hybridized carbons (Fsp3) is 0.312. The molecule has 0 spiro atoms. The van der Waals surface area contributed by atoms with E-state index in [1.165, 1.54) is 11.8 Å². The fourth-order valence-corrected chi connectivity index (χ4v) is 2.17. The number of nitrogens with zero attached hydrogens (tertiary/aromatic N) is 2. The van der Waals surface area contributed by atoms with E-state index in [9.17, 15) is 10.1 Å². The number of nitro groups is 1. The highest BCUT2D eigenvalue weighted by molar-refractivity contribution is 5.60. The molecule has 1 N–H and O–H groups in total. The van der Waals surface area contributed by atoms with Crippen LogP contribution in [0.3, 0.4) is 0 Å². The molecule has 2 aromatic rings. The molecule has 5 heteroatoms. The second-order valence-corrected chi connectivity index (χ2v) is 5.64. The molecule has 1 heterocycles. The average Bonchev–Trinajstić information content (AvgIpc) is 2.46. The molecule has 2 rings (SSSR count). The highest BCUT2D eigenvalue weighted by Crippen LogP contribution is 2.27. The Kier molecular flexibility index (Phi) is 4.52. The summed E-state index contributed by atoms with van der Waals surface area (Å²) in [4.78, 5) is 14.4. The first-order valence-corrected chi connectivity index (χ1v) is 6.88. The summed E-state index contributed by atoms with van der Waals surface area (Å²) in [6, 6.07) is 11.8. The van der Waals surface area contributed by atoms with E-state index in [1.807, 2.05) is 32.0 Å². The predicted octanol–water partition coefficient (Wildman–Crippen LogP) is 3.81. The van der Waals surface area contributed by atoms with E-state index in [0.29, 0.717) is 5.69 Å². The van der Waals surface area contributed by atoms with Gasteiger partial charge in [0, 0.05) is 11.7 Å². The number of anilines is 1. The first-order chi connectivity index (χ1) is 9.98. The maximum atomic E-state index is 11.0. The summed E-state index contributed by atoms with van der Waals surface area (Å²) >= 11 is 0. The Hall–Kier alpha value is -2.43. The van der Waals surface area contributed by atoms with Crippen LogP contribution < -0.4 is 5.32 Å². The summed E-state index contributed by atoms with van der Waals surface area (Å²) in [7, 11) is 0. The molecule has 21 heavy (non-hydrogen) atoms. The smallest absolute Gasteiger partial charge is 0.310 e. The normalized spacial score (nSPS) is 11.1. The minimum atomic E-state index is -0.414. The van der Waals surface area contributed by atoms with Gasteiger partial charge >= 0.3 is 5.69 Å². The van der Waals surface area contributed by atoms with Crippen molar-refractivity contribution in [3.05, 3.63) is 64.5 Å². The molecular formula is C16H19N3O2. The summed E-state index contributed by atoms with van der Waals surface area (Å²) in [5.41, 5.74) is 1.53. The van der Waals surface area contributed by atoms with Crippen LogP contribution in [0.4, 0.5) is 11.4 Å². The van der Waals surface area contributed by atoms with Crippen molar-refractivity contribution in [1.82, 2.24) is 4.98 Å². The van der Waals surface area contributed by atoms with Crippen LogP contribution in [0.1, 0.15) is 25.8 Å². The van der Waals surface area contributed by atoms with Crippen LogP contribution in [0.25, 0.3) is 0 Å². The third kappa shape index (κ3) is 4.27. The van der Waals surface area contributed by atoms with E-state index >= 15 is 0 Å². The van der Waals surface area contributed by atoms with Gasteiger partial charge in [-0.1, -0.05) is 30.3 Å². The van der Waals surface area contributed by atoms with Gasteiger partial charge in [-0.2, -0.15) is 0 Å². The van der Waals surface area contributed by atoms with Crippen molar-refractivity contribution in [3.63, 3.8) is 0 Å². The molecule has 0 radical (unpaired) electrons. The van der Waals surface area contributed by atoms with Gasteiger partial charge in [0.05, 0.1) is 4.92 Å². The molecule has 0 bridgehead atoms. The van der Waals surface area contributed by atoms with Crippen LogP contribution in [-0.4, -0.2) is 15.4 Å². The molecule has 0 saturated heterocycles. The van der Waals surface area contributed by atoms with Crippen molar-refractivity contribution in [2.75, 3.05) is 5.32 Å². The maximum Gasteiger partial charge on any atom is 0.310 e. The quantitative estimate of drug-likeness (QED) is 0.647. The monoisotopic (exact) mass is 285 g/mol. The topological polar surface area (TPSA) is 68.1 Å². The van der Waals surface area contributed by atoms with Gasteiger partial charge < -0.3 is 5.32 Å². The lowest BCUT2D eigenvalue weighted by atomic mass is 9.95. The van der Waals surface area contributed by atoms with Crippen LogP contribution in [-0.2, 0) is 6.42 Å². The van der Waals surface area contributed by atoms with E-state index in [4.69, 9.17) is 0 Å². The largest absolute Gasteiger partial charge is 0.375 e. The number of benzene rings is 1. The predicted molar refractivity (Wildman–Crippen MR) is 83.4 cm³/mol. The lowest BCUT2D eigenvalue weighted by Gasteiger charge is -2.27. The molecule has 0 amide bonds. The zero-order valence-corrected chi connectivity index (χ0v) is 12.2. The lowest BCUT2D eigenvalue weighted by molar-refractivity contribution is -0.384. The van der Waals surface area contributed by atoms with Gasteiger partial charge in [-0.25, -0.2) is 0 Å². The summed E-state index contributed by atoms with van der Waals surface area (Å²) in [5.74, 6) is 0. The van der Waals surface area contributed by atoms with Crippen molar-refractivity contribution in [2.45, 2.75) is 32.2 Å². The molecule has 1 aromatic carbocycles. The Morgan fingerprint density at radius 1 is 1.24 bits per heavy atom. The molecule has 0 fully saturated rings. The molecule has 0 aliphatic heterocycles. The number of hydrogen-bond acceptors (Lipinski definition) is 4. The maximum absolute atomic E-state index is 11.0. The number of aryl methyl sites for hydroxylation is 1. The number of rotatable bonds is 6. The highest BCUT2D eigenvalue weighted by atomic mass is 16.6. The van der Waals surface area contributed by atoms with Crippen LogP contribution in [0.5, 0.6) is 0 Å². The van der Waals surface area contributed by atoms with Crippen molar-refractivity contribution in [3.8, 4) is 0 Å². The van der Waals surface area contributed by atoms with Crippen LogP contribution >= 0.6 is 0 Å². The van der Waals surface area contributed by atoms with E-state index in [1.54, 1.807) is 12.3 Å². The third-order valence-corrected chi connectivity index (χ3v) is 3.35. The van der Waals surface area contributed by atoms with Gasteiger partial charge in [0.25, 0.3) is 0 Å². The summed E-state index contributed by atoms with van der Waals surface area (Å²) in [6.45, 7) is 4.08. The molecular weight excluding hydrogens is 266 g/mol. The van der Waals surface area contributed by atoms with Gasteiger partial charge in [-0.05, 0) is 38.3 Å². The Balaban J connectivity index is 2.05. The average molecular weight is 285 g/mol. The number of aromatic nitrogens is 1. The van der Waals surface area contributed by atoms with Crippen molar-refractivity contribution >= 4 is 11.4 Å². The SMILES string of the molecule is CC(C)(CCc1ccccc1)Nc1ccncc1[N+](=O)[O-]. The second-order valence-electron chi connectivity index (χ2n) is 5.64. The van der Waals surface area contributed by atoms with Crippen molar-refractivity contribution in [1.29, 1.82) is 0 Å². The number of hydrogen-bond donors (Lipinski definition) is 1. The molecule has 5 nitrogen and oxygen atoms in total. The Labute approximate surface area is 124 Å². The Morgan fingerprint density at radius 3 is 2.62 bits per heavy atom. The van der Waals surface area contributed by atoms with E-state index < -0.39 is 4.92 Å². The summed E-state index contributed by atoms with van der Waals surface area (Å²) in [6.07, 6.45) is 4.62. The van der Waals surface area contributed by atoms with Crippen molar-refractivity contribution in [2.24, 2.45) is 0 Å². The Morgan fingerprint density at radius 2 is 1.95 bits per heavy atom. The van der Waals surface area contributed by atoms with Gasteiger partial charge in [0.15, 0.2) is 0 Å². The Bertz CT molecular complexity index is 612. The summed E-state index contributed by atoms with van der Waals surface area (Å²) in [5, 5.41) is 14.3. The molecule has 0 aliphatic rings. The molecule has 0 aliphatic carbocycles. The first-order valence-electron chi connectivity index (χ1n) is 6.88. The van der Waals surface area contributed by atoms with E-state index in [-0.39, 0.29) is 11.2 Å². The second kappa shape index (κ2) is 6.35. The zero-order valence-electron chi connectivity index (χ0n) is 12.2. The van der Waals surface area contributed by atoms with Gasteiger partial charge in [0.1, 0.15) is 11.9 Å². The van der Waals surface area contributed by atoms with Gasteiger partial charge in [-0.15, -0.1) is 0 Å². The minimum absolute atomic E-state index is 0.00489. The number of nitrogens with one attached hydrogen (secondary N) is 1. The zero-order chi connectivity index (χ0) is 15.3. The molecule has 0 unspecified atom stereocenters. The molecule has 1 aromatic heterocycles. The number of pyridine rings is 1. The standard InChI is InChI=1S/C16H19N3O2/c1-16(2,10-8-13-6-4-3-5-7-13)18-14-9-11-17-12-15(14)19(20)21/h3-7,9,11-12H,8,10H2,1-2H3,(H,17,18). The molecule has 0 atom stereocenters. The first kappa shape index (κ1) is 15.0. The van der Waals surface area contributed by atoms with Gasteiger partial charge in [-0.3, -0.25) is 15.1 Å².